The number of benzene rings is 1. The molecule has 0 N–H and O–H groups in total. The molecule has 0 radical (unpaired) electrons. The molecule has 0 aliphatic rings. The number of hydrogen-bond donors (Lipinski definition) is 0. The fourth-order valence-corrected chi connectivity index (χ4v) is 1.43. The van der Waals surface area contributed by atoms with Gasteiger partial charge in [-0.25, -0.2) is 0 Å². The maximum Gasteiger partial charge on any atom is 0.193 e. The molecular weight excluding hydrogens is 208 g/mol. The standard InChI is InChI=1S/C13H11ClO/c1-10-2-4-11(5-3-10)6-7-12-8-9-13(14)15-12/h2-9H,1H3/b7-6+. The van der Waals surface area contributed by atoms with E-state index in [1.54, 1.807) is 6.07 Å². The summed E-state index contributed by atoms with van der Waals surface area (Å²) in [6.45, 7) is 2.07. The quantitative estimate of drug-likeness (QED) is 0.728. The van der Waals surface area contributed by atoms with Crippen molar-refractivity contribution in [1.29, 1.82) is 0 Å². The summed E-state index contributed by atoms with van der Waals surface area (Å²) in [4.78, 5) is 0. The number of furan rings is 1. The molecule has 0 fully saturated rings. The third-order valence-electron chi connectivity index (χ3n) is 2.11. The summed E-state index contributed by atoms with van der Waals surface area (Å²) < 4.78 is 5.21. The van der Waals surface area contributed by atoms with Crippen molar-refractivity contribution in [3.63, 3.8) is 0 Å². The van der Waals surface area contributed by atoms with Crippen molar-refractivity contribution in [2.24, 2.45) is 0 Å². The van der Waals surface area contributed by atoms with E-state index in [2.05, 4.69) is 31.2 Å². The maximum atomic E-state index is 5.66. The first kappa shape index (κ1) is 10.1. The van der Waals surface area contributed by atoms with Gasteiger partial charge < -0.3 is 4.42 Å². The molecule has 2 heteroatoms. The van der Waals surface area contributed by atoms with E-state index < -0.39 is 0 Å². The van der Waals surface area contributed by atoms with Crippen LogP contribution in [0.1, 0.15) is 16.9 Å². The van der Waals surface area contributed by atoms with Gasteiger partial charge in [0.25, 0.3) is 0 Å². The van der Waals surface area contributed by atoms with Crippen LogP contribution < -0.4 is 0 Å². The van der Waals surface area contributed by atoms with Gasteiger partial charge in [-0.2, -0.15) is 0 Å². The summed E-state index contributed by atoms with van der Waals surface area (Å²) in [5.74, 6) is 0.764. The number of rotatable bonds is 2. The highest BCUT2D eigenvalue weighted by atomic mass is 35.5. The molecule has 0 amide bonds. The minimum atomic E-state index is 0.415. The van der Waals surface area contributed by atoms with Gasteiger partial charge in [0, 0.05) is 0 Å². The largest absolute Gasteiger partial charge is 0.445 e. The highest BCUT2D eigenvalue weighted by Crippen LogP contribution is 2.15. The van der Waals surface area contributed by atoms with Crippen molar-refractivity contribution < 1.29 is 4.42 Å². The van der Waals surface area contributed by atoms with Gasteiger partial charge in [-0.05, 0) is 42.3 Å². The monoisotopic (exact) mass is 218 g/mol. The van der Waals surface area contributed by atoms with Crippen LogP contribution in [0.2, 0.25) is 5.22 Å². The molecule has 2 rings (SSSR count). The molecule has 0 unspecified atom stereocenters. The Morgan fingerprint density at radius 3 is 2.33 bits per heavy atom. The van der Waals surface area contributed by atoms with E-state index in [-0.39, 0.29) is 0 Å². The molecule has 76 valence electrons. The van der Waals surface area contributed by atoms with Crippen LogP contribution in [0.4, 0.5) is 0 Å². The molecule has 0 spiro atoms. The van der Waals surface area contributed by atoms with E-state index >= 15 is 0 Å². The number of halogens is 1. The van der Waals surface area contributed by atoms with E-state index in [0.717, 1.165) is 11.3 Å². The lowest BCUT2D eigenvalue weighted by Crippen LogP contribution is -1.72. The van der Waals surface area contributed by atoms with Gasteiger partial charge in [-0.3, -0.25) is 0 Å². The predicted molar refractivity (Wildman–Crippen MR) is 63.8 cm³/mol. The third-order valence-corrected chi connectivity index (χ3v) is 2.31. The molecule has 1 nitrogen and oxygen atoms in total. The summed E-state index contributed by atoms with van der Waals surface area (Å²) in [6.07, 6.45) is 3.89. The van der Waals surface area contributed by atoms with E-state index in [4.69, 9.17) is 16.0 Å². The van der Waals surface area contributed by atoms with Gasteiger partial charge in [0.2, 0.25) is 0 Å². The van der Waals surface area contributed by atoms with Crippen LogP contribution in [0.25, 0.3) is 12.2 Å². The first-order valence-corrected chi connectivity index (χ1v) is 5.12. The van der Waals surface area contributed by atoms with Crippen molar-refractivity contribution in [3.8, 4) is 0 Å². The van der Waals surface area contributed by atoms with E-state index in [9.17, 15) is 0 Å². The summed E-state index contributed by atoms with van der Waals surface area (Å²) in [5, 5.41) is 0.415. The summed E-state index contributed by atoms with van der Waals surface area (Å²) in [7, 11) is 0. The van der Waals surface area contributed by atoms with Gasteiger partial charge in [0.1, 0.15) is 5.76 Å². The lowest BCUT2D eigenvalue weighted by Gasteiger charge is -1.93. The third kappa shape index (κ3) is 2.74. The van der Waals surface area contributed by atoms with Crippen LogP contribution in [0.15, 0.2) is 40.8 Å². The van der Waals surface area contributed by atoms with Crippen molar-refractivity contribution in [1.82, 2.24) is 0 Å². The molecule has 1 aromatic heterocycles. The van der Waals surface area contributed by atoms with Crippen LogP contribution in [0, 0.1) is 6.92 Å². The average Bonchev–Trinajstić information content (AvgIpc) is 2.64. The first-order chi connectivity index (χ1) is 7.24. The molecule has 0 saturated carbocycles. The molecule has 1 heterocycles. The van der Waals surface area contributed by atoms with Gasteiger partial charge in [0.15, 0.2) is 5.22 Å². The lowest BCUT2D eigenvalue weighted by atomic mass is 10.1. The molecule has 1 aromatic carbocycles. The Morgan fingerprint density at radius 2 is 1.73 bits per heavy atom. The highest BCUT2D eigenvalue weighted by Gasteiger charge is 1.94. The Labute approximate surface area is 94.0 Å². The SMILES string of the molecule is Cc1ccc(/C=C/c2ccc(Cl)o2)cc1. The Kier molecular flexibility index (Phi) is 2.93. The minimum absolute atomic E-state index is 0.415. The number of aryl methyl sites for hydroxylation is 1. The smallest absolute Gasteiger partial charge is 0.193 e. The van der Waals surface area contributed by atoms with Crippen LogP contribution in [0.3, 0.4) is 0 Å². The second-order valence-corrected chi connectivity index (χ2v) is 3.76. The molecule has 2 aromatic rings. The zero-order chi connectivity index (χ0) is 10.7. The summed E-state index contributed by atoms with van der Waals surface area (Å²) in [6, 6.07) is 11.9. The minimum Gasteiger partial charge on any atom is -0.445 e. The first-order valence-electron chi connectivity index (χ1n) is 4.74. The fraction of sp³-hybridized carbons (Fsp3) is 0.0769. The van der Waals surface area contributed by atoms with Crippen LogP contribution in [-0.4, -0.2) is 0 Å². The Hall–Kier alpha value is -1.47. The van der Waals surface area contributed by atoms with Crippen molar-refractivity contribution in [3.05, 3.63) is 58.5 Å². The Morgan fingerprint density at radius 1 is 1.00 bits per heavy atom. The van der Waals surface area contributed by atoms with Crippen LogP contribution in [-0.2, 0) is 0 Å². The fourth-order valence-electron chi connectivity index (χ4n) is 1.27. The highest BCUT2D eigenvalue weighted by molar-refractivity contribution is 6.28. The molecule has 0 aliphatic carbocycles. The topological polar surface area (TPSA) is 13.1 Å². The van der Waals surface area contributed by atoms with Gasteiger partial charge >= 0.3 is 0 Å². The summed E-state index contributed by atoms with van der Waals surface area (Å²) in [5.41, 5.74) is 2.40. The average molecular weight is 219 g/mol. The van der Waals surface area contributed by atoms with E-state index in [0.29, 0.717) is 5.22 Å². The number of hydrogen-bond acceptors (Lipinski definition) is 1. The van der Waals surface area contributed by atoms with Crippen LogP contribution in [0.5, 0.6) is 0 Å². The van der Waals surface area contributed by atoms with Crippen molar-refractivity contribution in [2.45, 2.75) is 6.92 Å². The molecule has 15 heavy (non-hydrogen) atoms. The predicted octanol–water partition coefficient (Wildman–Crippen LogP) is 4.41. The van der Waals surface area contributed by atoms with Crippen molar-refractivity contribution >= 4 is 23.8 Å². The van der Waals surface area contributed by atoms with Gasteiger partial charge in [0.05, 0.1) is 0 Å². The Bertz CT molecular complexity index is 466. The molecule has 0 saturated heterocycles. The van der Waals surface area contributed by atoms with Crippen molar-refractivity contribution in [2.75, 3.05) is 0 Å². The maximum absolute atomic E-state index is 5.66. The lowest BCUT2D eigenvalue weighted by molar-refractivity contribution is 0.559. The van der Waals surface area contributed by atoms with E-state index in [1.165, 1.54) is 5.56 Å². The van der Waals surface area contributed by atoms with E-state index in [1.807, 2.05) is 18.2 Å². The second kappa shape index (κ2) is 4.37. The van der Waals surface area contributed by atoms with Gasteiger partial charge in [-0.15, -0.1) is 0 Å². The Balaban J connectivity index is 2.14. The molecule has 0 bridgehead atoms. The second-order valence-electron chi connectivity index (χ2n) is 3.39. The zero-order valence-corrected chi connectivity index (χ0v) is 9.16. The molecule has 0 aliphatic heterocycles. The zero-order valence-electron chi connectivity index (χ0n) is 8.41. The van der Waals surface area contributed by atoms with Crippen LogP contribution >= 0.6 is 11.6 Å². The normalized spacial score (nSPS) is 11.1. The van der Waals surface area contributed by atoms with Gasteiger partial charge in [-0.1, -0.05) is 35.9 Å². The molecular formula is C13H11ClO. The summed E-state index contributed by atoms with van der Waals surface area (Å²) >= 11 is 5.66. The molecule has 0 atom stereocenters.